The van der Waals surface area contributed by atoms with E-state index in [1.54, 1.807) is 12.1 Å². The predicted octanol–water partition coefficient (Wildman–Crippen LogP) is 2.16. The maximum absolute atomic E-state index is 13.0. The molecule has 1 aliphatic rings. The number of rotatable bonds is 9. The monoisotopic (exact) mass is 553 g/mol. The number of nitrogens with zero attached hydrogens (tertiary/aromatic N) is 3. The average molecular weight is 554 g/mol. The quantitative estimate of drug-likeness (QED) is 0.287. The van der Waals surface area contributed by atoms with E-state index in [0.717, 1.165) is 31.9 Å². The van der Waals surface area contributed by atoms with Crippen LogP contribution in [-0.4, -0.2) is 54.8 Å². The van der Waals surface area contributed by atoms with Crippen LogP contribution >= 0.6 is 11.3 Å². The van der Waals surface area contributed by atoms with Crippen molar-refractivity contribution in [2.75, 3.05) is 16.9 Å². The predicted molar refractivity (Wildman–Crippen MR) is 131 cm³/mol. The minimum Gasteiger partial charge on any atom is -0.335 e. The molecular formula is C20H23N7O6S3. The number of aromatic nitrogens is 4. The van der Waals surface area contributed by atoms with Crippen LogP contribution in [0.25, 0.3) is 0 Å². The second kappa shape index (κ2) is 10.4. The molecule has 0 radical (unpaired) electrons. The molecule has 36 heavy (non-hydrogen) atoms. The van der Waals surface area contributed by atoms with Gasteiger partial charge in [-0.1, -0.05) is 24.2 Å². The topological polar surface area (TPSA) is 193 Å². The number of carbonyl (C=O) groups is 2. The Bertz CT molecular complexity index is 1480. The fourth-order valence-corrected chi connectivity index (χ4v) is 6.79. The van der Waals surface area contributed by atoms with Gasteiger partial charge in [0.05, 0.1) is 24.1 Å². The first kappa shape index (κ1) is 25.9. The van der Waals surface area contributed by atoms with Gasteiger partial charge in [0.15, 0.2) is 15.1 Å². The SMILES string of the molecule is CS(=O)(=O)NCc1nc(NC(=O)Nc2ncccc2C(=O)C2CCCC2)sc1S(=O)(=O)c1ncc[nH]1. The Kier molecular flexibility index (Phi) is 7.49. The van der Waals surface area contributed by atoms with Crippen LogP contribution in [0.15, 0.2) is 40.1 Å². The molecule has 0 saturated heterocycles. The van der Waals surface area contributed by atoms with Crippen molar-refractivity contribution in [3.8, 4) is 0 Å². The van der Waals surface area contributed by atoms with Crippen molar-refractivity contribution in [1.29, 1.82) is 0 Å². The number of amides is 2. The van der Waals surface area contributed by atoms with Gasteiger partial charge in [-0.3, -0.25) is 15.4 Å². The van der Waals surface area contributed by atoms with E-state index in [1.165, 1.54) is 18.6 Å². The van der Waals surface area contributed by atoms with Gasteiger partial charge in [0.2, 0.25) is 15.2 Å². The molecular weight excluding hydrogens is 530 g/mol. The first-order valence-electron chi connectivity index (χ1n) is 10.8. The van der Waals surface area contributed by atoms with Crippen LogP contribution in [0.5, 0.6) is 0 Å². The number of thiazole rings is 1. The summed E-state index contributed by atoms with van der Waals surface area (Å²) in [5.41, 5.74) is 0.171. The van der Waals surface area contributed by atoms with Crippen LogP contribution in [0.4, 0.5) is 15.7 Å². The summed E-state index contributed by atoms with van der Waals surface area (Å²) in [6, 6.07) is 2.40. The van der Waals surface area contributed by atoms with E-state index in [2.05, 4.69) is 35.3 Å². The summed E-state index contributed by atoms with van der Waals surface area (Å²) < 4.78 is 51.0. The van der Waals surface area contributed by atoms with Crippen molar-refractivity contribution in [3.05, 3.63) is 42.0 Å². The van der Waals surface area contributed by atoms with Crippen molar-refractivity contribution < 1.29 is 26.4 Å². The number of hydrogen-bond acceptors (Lipinski definition) is 10. The zero-order valence-corrected chi connectivity index (χ0v) is 21.5. The molecule has 4 N–H and O–H groups in total. The number of Topliss-reactive ketones (excluding diaryl/α,β-unsaturated/α-hetero) is 1. The molecule has 2 amide bonds. The maximum Gasteiger partial charge on any atom is 0.326 e. The highest BCUT2D eigenvalue weighted by atomic mass is 32.2. The number of hydrogen-bond donors (Lipinski definition) is 4. The third-order valence-electron chi connectivity index (χ3n) is 5.39. The lowest BCUT2D eigenvalue weighted by Crippen LogP contribution is -2.23. The van der Waals surface area contributed by atoms with Crippen molar-refractivity contribution in [1.82, 2.24) is 24.7 Å². The first-order chi connectivity index (χ1) is 17.0. The molecule has 0 atom stereocenters. The van der Waals surface area contributed by atoms with Gasteiger partial charge in [-0.25, -0.2) is 41.3 Å². The Morgan fingerprint density at radius 2 is 1.86 bits per heavy atom. The molecule has 0 bridgehead atoms. The van der Waals surface area contributed by atoms with E-state index in [4.69, 9.17) is 0 Å². The number of pyridine rings is 1. The number of aromatic amines is 1. The minimum atomic E-state index is -4.17. The zero-order chi connectivity index (χ0) is 25.9. The van der Waals surface area contributed by atoms with Crippen LogP contribution in [0.3, 0.4) is 0 Å². The Morgan fingerprint density at radius 3 is 2.53 bits per heavy atom. The van der Waals surface area contributed by atoms with E-state index in [0.29, 0.717) is 11.3 Å². The standard InChI is InChI=1S/C20H23N7O6S3/c1-35(30,31)24-11-14-17(36(32,33)20-22-9-10-23-20)34-19(25-14)27-18(29)26-16-13(7-4-8-21-16)15(28)12-5-2-3-6-12/h4,7-10,12,24H,2-3,5-6,11H2,1H3,(H,22,23)(H2,21,25,26,27,29). The van der Waals surface area contributed by atoms with Gasteiger partial charge in [-0.15, -0.1) is 0 Å². The zero-order valence-electron chi connectivity index (χ0n) is 19.0. The minimum absolute atomic E-state index is 0.0749. The number of ketones is 1. The molecule has 0 aromatic carbocycles. The van der Waals surface area contributed by atoms with E-state index in [1.807, 2.05) is 0 Å². The summed E-state index contributed by atoms with van der Waals surface area (Å²) in [4.78, 5) is 40.1. The van der Waals surface area contributed by atoms with Crippen LogP contribution < -0.4 is 15.4 Å². The molecule has 0 spiro atoms. The number of H-pyrrole nitrogens is 1. The Labute approximate surface area is 211 Å². The Balaban J connectivity index is 1.57. The van der Waals surface area contributed by atoms with Gasteiger partial charge in [0.25, 0.3) is 9.84 Å². The fourth-order valence-electron chi connectivity index (χ4n) is 3.75. The molecule has 0 aliphatic heterocycles. The molecule has 3 aromatic heterocycles. The third-order valence-corrected chi connectivity index (χ3v) is 9.23. The van der Waals surface area contributed by atoms with Gasteiger partial charge in [0, 0.05) is 24.5 Å². The van der Waals surface area contributed by atoms with Gasteiger partial charge >= 0.3 is 6.03 Å². The molecule has 192 valence electrons. The molecule has 0 unspecified atom stereocenters. The summed E-state index contributed by atoms with van der Waals surface area (Å²) in [6.45, 7) is -0.422. The molecule has 4 rings (SSSR count). The Morgan fingerprint density at radius 1 is 1.11 bits per heavy atom. The Hall–Kier alpha value is -3.21. The van der Waals surface area contributed by atoms with Crippen LogP contribution in [0.1, 0.15) is 41.7 Å². The summed E-state index contributed by atoms with van der Waals surface area (Å²) >= 11 is 0.632. The second-order valence-electron chi connectivity index (χ2n) is 8.07. The number of carbonyl (C=O) groups excluding carboxylic acids is 2. The average Bonchev–Trinajstić information content (AvgIpc) is 3.59. The lowest BCUT2D eigenvalue weighted by molar-refractivity contribution is 0.0923. The molecule has 16 heteroatoms. The largest absolute Gasteiger partial charge is 0.335 e. The number of imidazole rings is 1. The highest BCUT2D eigenvalue weighted by Crippen LogP contribution is 2.32. The molecule has 1 fully saturated rings. The third kappa shape index (κ3) is 5.95. The lowest BCUT2D eigenvalue weighted by atomic mass is 9.97. The normalized spacial score (nSPS) is 14.6. The van der Waals surface area contributed by atoms with Gasteiger partial charge in [0.1, 0.15) is 5.82 Å². The lowest BCUT2D eigenvalue weighted by Gasteiger charge is -2.12. The van der Waals surface area contributed by atoms with Crippen molar-refractivity contribution in [2.24, 2.45) is 5.92 Å². The number of urea groups is 1. The fraction of sp³-hybridized carbons (Fsp3) is 0.350. The van der Waals surface area contributed by atoms with Gasteiger partial charge in [-0.2, -0.15) is 0 Å². The van der Waals surface area contributed by atoms with E-state index in [-0.39, 0.29) is 43.3 Å². The molecule has 3 aromatic rings. The summed E-state index contributed by atoms with van der Waals surface area (Å²) in [5, 5.41) is 4.49. The smallest absolute Gasteiger partial charge is 0.326 e. The number of nitrogens with one attached hydrogen (secondary N) is 4. The molecule has 1 saturated carbocycles. The van der Waals surface area contributed by atoms with Crippen LogP contribution in [0, 0.1) is 5.92 Å². The van der Waals surface area contributed by atoms with Gasteiger partial charge in [-0.05, 0) is 25.0 Å². The highest BCUT2D eigenvalue weighted by molar-refractivity contribution is 7.93. The summed E-state index contributed by atoms with van der Waals surface area (Å²) in [6.07, 6.45) is 8.47. The van der Waals surface area contributed by atoms with Crippen LogP contribution in [0.2, 0.25) is 0 Å². The van der Waals surface area contributed by atoms with Gasteiger partial charge < -0.3 is 4.98 Å². The maximum atomic E-state index is 13.0. The molecule has 1 aliphatic carbocycles. The number of sulfonamides is 1. The second-order valence-corrected chi connectivity index (χ2v) is 13.0. The molecule has 13 nitrogen and oxygen atoms in total. The van der Waals surface area contributed by atoms with E-state index < -0.39 is 32.4 Å². The van der Waals surface area contributed by atoms with Crippen molar-refractivity contribution in [2.45, 2.75) is 41.6 Å². The van der Waals surface area contributed by atoms with Crippen LogP contribution in [-0.2, 0) is 26.4 Å². The van der Waals surface area contributed by atoms with Crippen molar-refractivity contribution >= 4 is 54.0 Å². The number of anilines is 2. The highest BCUT2D eigenvalue weighted by Gasteiger charge is 2.30. The van der Waals surface area contributed by atoms with Crippen molar-refractivity contribution in [3.63, 3.8) is 0 Å². The molecule has 3 heterocycles. The number of sulfone groups is 1. The first-order valence-corrected chi connectivity index (χ1v) is 15.0. The summed E-state index contributed by atoms with van der Waals surface area (Å²) in [7, 11) is -7.83. The summed E-state index contributed by atoms with van der Waals surface area (Å²) in [5.74, 6) is -0.131. The van der Waals surface area contributed by atoms with E-state index >= 15 is 0 Å². The van der Waals surface area contributed by atoms with E-state index in [9.17, 15) is 26.4 Å².